The lowest BCUT2D eigenvalue weighted by Crippen LogP contribution is -2.27. The third-order valence-corrected chi connectivity index (χ3v) is 2.58. The SMILES string of the molecule is CCOC(OCC)C(=O)c1ccccc1.O.c1ccccc1. The Morgan fingerprint density at radius 2 is 1.18 bits per heavy atom. The minimum atomic E-state index is -0.776. The second-order valence-electron chi connectivity index (χ2n) is 4.13. The average molecular weight is 304 g/mol. The average Bonchev–Trinajstić information content (AvgIpc) is 2.57. The van der Waals surface area contributed by atoms with Gasteiger partial charge in [0, 0.05) is 18.8 Å². The fourth-order valence-electron chi connectivity index (χ4n) is 1.63. The summed E-state index contributed by atoms with van der Waals surface area (Å²) in [7, 11) is 0. The number of carbonyl (C=O) groups is 1. The highest BCUT2D eigenvalue weighted by Gasteiger charge is 2.19. The predicted molar refractivity (Wildman–Crippen MR) is 87.9 cm³/mol. The Labute approximate surface area is 132 Å². The summed E-state index contributed by atoms with van der Waals surface area (Å²) in [6, 6.07) is 21.0. The molecular weight excluding hydrogens is 280 g/mol. The standard InChI is InChI=1S/C12H16O3.C6H6.H2O/c1-3-14-12(15-4-2)11(13)10-8-6-5-7-9-10;1-2-4-6-5-3-1;/h5-9,12H,3-4H2,1-2H3;1-6H;1H2. The Bertz CT molecular complexity index is 452. The molecule has 0 aliphatic carbocycles. The largest absolute Gasteiger partial charge is 0.412 e. The monoisotopic (exact) mass is 304 g/mol. The van der Waals surface area contributed by atoms with E-state index in [1.54, 1.807) is 12.1 Å². The zero-order valence-electron chi connectivity index (χ0n) is 13.1. The molecule has 0 atom stereocenters. The summed E-state index contributed by atoms with van der Waals surface area (Å²) >= 11 is 0. The van der Waals surface area contributed by atoms with E-state index in [4.69, 9.17) is 9.47 Å². The first-order valence-corrected chi connectivity index (χ1v) is 7.12. The number of ketones is 1. The molecule has 0 saturated carbocycles. The summed E-state index contributed by atoms with van der Waals surface area (Å²) < 4.78 is 10.5. The molecular formula is C18H24O4. The van der Waals surface area contributed by atoms with Crippen LogP contribution in [-0.4, -0.2) is 30.8 Å². The maximum Gasteiger partial charge on any atom is 0.222 e. The molecule has 0 unspecified atom stereocenters. The highest BCUT2D eigenvalue weighted by Crippen LogP contribution is 2.07. The van der Waals surface area contributed by atoms with Gasteiger partial charge in [-0.15, -0.1) is 0 Å². The van der Waals surface area contributed by atoms with E-state index in [0.29, 0.717) is 18.8 Å². The summed E-state index contributed by atoms with van der Waals surface area (Å²) in [4.78, 5) is 11.9. The van der Waals surface area contributed by atoms with Crippen LogP contribution in [0, 0.1) is 0 Å². The van der Waals surface area contributed by atoms with E-state index in [1.807, 2.05) is 68.4 Å². The highest BCUT2D eigenvalue weighted by atomic mass is 16.7. The fourth-order valence-corrected chi connectivity index (χ4v) is 1.63. The Morgan fingerprint density at radius 3 is 1.55 bits per heavy atom. The first-order valence-electron chi connectivity index (χ1n) is 7.12. The molecule has 0 amide bonds. The molecule has 0 spiro atoms. The van der Waals surface area contributed by atoms with E-state index in [1.165, 1.54) is 0 Å². The fraction of sp³-hybridized carbons (Fsp3) is 0.278. The molecule has 2 N–H and O–H groups in total. The zero-order valence-corrected chi connectivity index (χ0v) is 13.1. The van der Waals surface area contributed by atoms with E-state index < -0.39 is 6.29 Å². The van der Waals surface area contributed by atoms with E-state index in [0.717, 1.165) is 0 Å². The van der Waals surface area contributed by atoms with Crippen molar-refractivity contribution in [3.05, 3.63) is 72.3 Å². The van der Waals surface area contributed by atoms with Gasteiger partial charge in [0.05, 0.1) is 0 Å². The van der Waals surface area contributed by atoms with Crippen LogP contribution in [0.15, 0.2) is 66.7 Å². The Hall–Kier alpha value is -2.01. The summed E-state index contributed by atoms with van der Waals surface area (Å²) in [5.41, 5.74) is 0.615. The molecule has 22 heavy (non-hydrogen) atoms. The normalized spacial score (nSPS) is 9.41. The molecule has 0 fully saturated rings. The lowest BCUT2D eigenvalue weighted by atomic mass is 10.1. The molecule has 2 rings (SSSR count). The summed E-state index contributed by atoms with van der Waals surface area (Å²) in [6.07, 6.45) is -0.776. The molecule has 0 aliphatic heterocycles. The second kappa shape index (κ2) is 12.7. The number of Topliss-reactive ketones (excluding diaryl/α,β-unsaturated/α-hetero) is 1. The topological polar surface area (TPSA) is 67.0 Å². The molecule has 0 bridgehead atoms. The molecule has 4 nitrogen and oxygen atoms in total. The van der Waals surface area contributed by atoms with Crippen molar-refractivity contribution in [1.29, 1.82) is 0 Å². The smallest absolute Gasteiger partial charge is 0.222 e. The lowest BCUT2D eigenvalue weighted by molar-refractivity contribution is -0.107. The van der Waals surface area contributed by atoms with Crippen LogP contribution in [-0.2, 0) is 9.47 Å². The van der Waals surface area contributed by atoms with Gasteiger partial charge in [-0.1, -0.05) is 66.7 Å². The summed E-state index contributed by atoms with van der Waals surface area (Å²) in [5, 5.41) is 0. The molecule has 0 radical (unpaired) electrons. The third-order valence-electron chi connectivity index (χ3n) is 2.58. The molecule has 4 heteroatoms. The van der Waals surface area contributed by atoms with Gasteiger partial charge in [0.2, 0.25) is 12.1 Å². The van der Waals surface area contributed by atoms with Crippen molar-refractivity contribution in [2.75, 3.05) is 13.2 Å². The van der Waals surface area contributed by atoms with Crippen molar-refractivity contribution in [2.45, 2.75) is 20.1 Å². The summed E-state index contributed by atoms with van der Waals surface area (Å²) in [6.45, 7) is 4.60. The van der Waals surface area contributed by atoms with Gasteiger partial charge in [-0.3, -0.25) is 4.79 Å². The maximum atomic E-state index is 11.9. The van der Waals surface area contributed by atoms with Crippen molar-refractivity contribution < 1.29 is 19.7 Å². The number of hydrogen-bond donors (Lipinski definition) is 0. The van der Waals surface area contributed by atoms with Crippen molar-refractivity contribution in [2.24, 2.45) is 0 Å². The molecule has 2 aromatic rings. The minimum Gasteiger partial charge on any atom is -0.412 e. The number of ether oxygens (including phenoxy) is 2. The lowest BCUT2D eigenvalue weighted by Gasteiger charge is -2.15. The number of hydrogen-bond acceptors (Lipinski definition) is 3. The number of carbonyl (C=O) groups excluding carboxylic acids is 1. The summed E-state index contributed by atoms with van der Waals surface area (Å²) in [5.74, 6) is -0.126. The number of benzene rings is 2. The molecule has 0 aliphatic rings. The predicted octanol–water partition coefficient (Wildman–Crippen LogP) is 3.13. The molecule has 0 aromatic heterocycles. The van der Waals surface area contributed by atoms with Crippen molar-refractivity contribution in [3.8, 4) is 0 Å². The van der Waals surface area contributed by atoms with Crippen LogP contribution < -0.4 is 0 Å². The van der Waals surface area contributed by atoms with Crippen molar-refractivity contribution in [3.63, 3.8) is 0 Å². The quantitative estimate of drug-likeness (QED) is 0.608. The van der Waals surface area contributed by atoms with E-state index in [-0.39, 0.29) is 11.3 Å². The maximum absolute atomic E-state index is 11.9. The molecule has 0 saturated heterocycles. The van der Waals surface area contributed by atoms with Gasteiger partial charge in [-0.2, -0.15) is 0 Å². The van der Waals surface area contributed by atoms with Gasteiger partial charge < -0.3 is 14.9 Å². The van der Waals surface area contributed by atoms with Crippen LogP contribution >= 0.6 is 0 Å². The first kappa shape index (κ1) is 20.0. The third kappa shape index (κ3) is 7.69. The first-order chi connectivity index (χ1) is 10.3. The van der Waals surface area contributed by atoms with Crippen LogP contribution in [0.25, 0.3) is 0 Å². The molecule has 120 valence electrons. The van der Waals surface area contributed by atoms with Gasteiger partial charge in [0.15, 0.2) is 0 Å². The van der Waals surface area contributed by atoms with E-state index in [2.05, 4.69) is 0 Å². The van der Waals surface area contributed by atoms with Gasteiger partial charge in [-0.05, 0) is 13.8 Å². The number of rotatable bonds is 6. The van der Waals surface area contributed by atoms with Gasteiger partial charge in [-0.25, -0.2) is 0 Å². The Balaban J connectivity index is 0.000000529. The minimum absolute atomic E-state index is 0. The van der Waals surface area contributed by atoms with Gasteiger partial charge >= 0.3 is 0 Å². The van der Waals surface area contributed by atoms with Crippen LogP contribution in [0.3, 0.4) is 0 Å². The Morgan fingerprint density at radius 1 is 0.818 bits per heavy atom. The van der Waals surface area contributed by atoms with E-state index >= 15 is 0 Å². The molecule has 0 heterocycles. The highest BCUT2D eigenvalue weighted by molar-refractivity contribution is 5.98. The van der Waals surface area contributed by atoms with Gasteiger partial charge in [0.1, 0.15) is 0 Å². The van der Waals surface area contributed by atoms with Crippen LogP contribution in [0.5, 0.6) is 0 Å². The zero-order chi connectivity index (χ0) is 15.3. The van der Waals surface area contributed by atoms with Crippen molar-refractivity contribution >= 4 is 5.78 Å². The Kier molecular flexibility index (Phi) is 11.5. The second-order valence-corrected chi connectivity index (χ2v) is 4.13. The van der Waals surface area contributed by atoms with Crippen LogP contribution in [0.1, 0.15) is 24.2 Å². The van der Waals surface area contributed by atoms with Crippen LogP contribution in [0.4, 0.5) is 0 Å². The van der Waals surface area contributed by atoms with Gasteiger partial charge in [0.25, 0.3) is 0 Å². The molecule has 2 aromatic carbocycles. The van der Waals surface area contributed by atoms with E-state index in [9.17, 15) is 4.79 Å². The van der Waals surface area contributed by atoms with Crippen molar-refractivity contribution in [1.82, 2.24) is 0 Å². The van der Waals surface area contributed by atoms with Crippen LogP contribution in [0.2, 0.25) is 0 Å².